The second kappa shape index (κ2) is 11.5. The number of amides is 3. The van der Waals surface area contributed by atoms with E-state index in [-0.39, 0.29) is 26.0 Å². The number of hydrogen-bond donors (Lipinski definition) is 4. The van der Waals surface area contributed by atoms with Crippen LogP contribution in [0.15, 0.2) is 54.6 Å². The number of hydrogen-bond acceptors (Lipinski definition) is 5. The molecule has 0 bridgehead atoms. The Labute approximate surface area is 173 Å². The second-order valence-corrected chi connectivity index (χ2v) is 6.65. The molecule has 0 aromatic heterocycles. The lowest BCUT2D eigenvalue weighted by atomic mass is 10.0. The Bertz CT molecular complexity index is 845. The fourth-order valence-electron chi connectivity index (χ4n) is 2.59. The van der Waals surface area contributed by atoms with E-state index in [0.29, 0.717) is 5.56 Å². The number of rotatable bonds is 10. The van der Waals surface area contributed by atoms with Gasteiger partial charge in [0.2, 0.25) is 11.8 Å². The van der Waals surface area contributed by atoms with Crippen LogP contribution < -0.4 is 16.4 Å². The van der Waals surface area contributed by atoms with Gasteiger partial charge in [0.25, 0.3) is 0 Å². The average Bonchev–Trinajstić information content (AvgIpc) is 2.72. The van der Waals surface area contributed by atoms with E-state index in [9.17, 15) is 23.9 Å². The van der Waals surface area contributed by atoms with E-state index in [4.69, 9.17) is 10.5 Å². The highest BCUT2D eigenvalue weighted by atomic mass is 19.1. The van der Waals surface area contributed by atoms with Crippen LogP contribution in [0.5, 0.6) is 0 Å². The first-order valence-electron chi connectivity index (χ1n) is 9.29. The number of aliphatic hydroxyl groups is 1. The third-order valence-electron chi connectivity index (χ3n) is 4.15. The number of nitrogens with two attached hydrogens (primary N) is 1. The molecule has 0 saturated carbocycles. The Morgan fingerprint density at radius 3 is 2.33 bits per heavy atom. The zero-order chi connectivity index (χ0) is 21.9. The predicted molar refractivity (Wildman–Crippen MR) is 106 cm³/mol. The Morgan fingerprint density at radius 1 is 1.03 bits per heavy atom. The molecule has 0 aliphatic rings. The lowest BCUT2D eigenvalue weighted by molar-refractivity contribution is -0.128. The molecule has 160 valence electrons. The van der Waals surface area contributed by atoms with E-state index in [2.05, 4.69) is 10.6 Å². The van der Waals surface area contributed by atoms with Crippen LogP contribution in [0, 0.1) is 5.82 Å². The number of benzene rings is 2. The first kappa shape index (κ1) is 22.8. The Hall–Kier alpha value is -3.46. The number of carbonyl (C=O) groups is 3. The van der Waals surface area contributed by atoms with Gasteiger partial charge in [-0.2, -0.15) is 0 Å². The third-order valence-corrected chi connectivity index (χ3v) is 4.15. The summed E-state index contributed by atoms with van der Waals surface area (Å²) >= 11 is 0. The topological polar surface area (TPSA) is 131 Å². The number of primary amides is 1. The van der Waals surface area contributed by atoms with E-state index in [1.54, 1.807) is 12.1 Å². The van der Waals surface area contributed by atoms with Crippen LogP contribution >= 0.6 is 0 Å². The monoisotopic (exact) mass is 417 g/mol. The van der Waals surface area contributed by atoms with E-state index in [0.717, 1.165) is 5.56 Å². The van der Waals surface area contributed by atoms with Gasteiger partial charge in [-0.1, -0.05) is 42.5 Å². The number of aliphatic hydroxyl groups excluding tert-OH is 1. The van der Waals surface area contributed by atoms with Crippen molar-refractivity contribution < 1.29 is 28.6 Å². The fraction of sp³-hybridized carbons (Fsp3) is 0.286. The molecule has 8 nitrogen and oxygen atoms in total. The highest BCUT2D eigenvalue weighted by Crippen LogP contribution is 2.06. The molecule has 9 heteroatoms. The van der Waals surface area contributed by atoms with Crippen molar-refractivity contribution in [2.75, 3.05) is 6.54 Å². The summed E-state index contributed by atoms with van der Waals surface area (Å²) < 4.78 is 18.0. The molecule has 2 aromatic carbocycles. The summed E-state index contributed by atoms with van der Waals surface area (Å²) in [5, 5.41) is 14.7. The van der Waals surface area contributed by atoms with Gasteiger partial charge in [-0.05, 0) is 23.3 Å². The Morgan fingerprint density at radius 2 is 1.70 bits per heavy atom. The molecule has 2 aromatic rings. The molecule has 3 amide bonds. The number of carbonyl (C=O) groups excluding carboxylic acids is 3. The summed E-state index contributed by atoms with van der Waals surface area (Å²) in [6, 6.07) is 13.5. The Kier molecular flexibility index (Phi) is 8.76. The van der Waals surface area contributed by atoms with Crippen molar-refractivity contribution in [2.24, 2.45) is 5.73 Å². The van der Waals surface area contributed by atoms with E-state index in [1.165, 1.54) is 24.3 Å². The summed E-state index contributed by atoms with van der Waals surface area (Å²) in [6.07, 6.45) is -2.19. The molecule has 2 rings (SSSR count). The van der Waals surface area contributed by atoms with E-state index in [1.807, 2.05) is 18.2 Å². The number of alkyl carbamates (subject to hydrolysis) is 1. The van der Waals surface area contributed by atoms with Gasteiger partial charge in [0.05, 0.1) is 12.5 Å². The number of nitrogens with one attached hydrogen (secondary N) is 2. The molecule has 30 heavy (non-hydrogen) atoms. The number of halogens is 1. The smallest absolute Gasteiger partial charge is 0.407 e. The van der Waals surface area contributed by atoms with Gasteiger partial charge in [0.15, 0.2) is 0 Å². The van der Waals surface area contributed by atoms with Gasteiger partial charge in [0, 0.05) is 13.0 Å². The first-order valence-corrected chi connectivity index (χ1v) is 9.29. The largest absolute Gasteiger partial charge is 0.445 e. The molecule has 0 heterocycles. The summed E-state index contributed by atoms with van der Waals surface area (Å²) in [4.78, 5) is 35.3. The Balaban J connectivity index is 1.73. The molecule has 0 aliphatic heterocycles. The quantitative estimate of drug-likeness (QED) is 0.458. The van der Waals surface area contributed by atoms with Crippen molar-refractivity contribution >= 4 is 17.9 Å². The maximum Gasteiger partial charge on any atom is 0.407 e. The predicted octanol–water partition coefficient (Wildman–Crippen LogP) is 1.02. The van der Waals surface area contributed by atoms with Crippen molar-refractivity contribution in [3.63, 3.8) is 0 Å². The fourth-order valence-corrected chi connectivity index (χ4v) is 2.59. The summed E-state index contributed by atoms with van der Waals surface area (Å²) in [5.41, 5.74) is 6.74. The zero-order valence-electron chi connectivity index (χ0n) is 16.2. The molecule has 5 N–H and O–H groups in total. The molecule has 0 spiro atoms. The minimum Gasteiger partial charge on any atom is -0.445 e. The highest BCUT2D eigenvalue weighted by molar-refractivity contribution is 5.87. The summed E-state index contributed by atoms with van der Waals surface area (Å²) in [6.45, 7) is -0.132. The normalized spacial score (nSPS) is 12.5. The lowest BCUT2D eigenvalue weighted by Gasteiger charge is -2.17. The molecule has 0 aliphatic carbocycles. The summed E-state index contributed by atoms with van der Waals surface area (Å²) in [7, 11) is 0. The van der Waals surface area contributed by atoms with Crippen LogP contribution in [-0.2, 0) is 27.4 Å². The van der Waals surface area contributed by atoms with Gasteiger partial charge in [-0.15, -0.1) is 0 Å². The lowest BCUT2D eigenvalue weighted by Crippen LogP contribution is -2.47. The van der Waals surface area contributed by atoms with Crippen LogP contribution in [0.1, 0.15) is 17.5 Å². The van der Waals surface area contributed by atoms with Gasteiger partial charge in [-0.25, -0.2) is 9.18 Å². The molecule has 2 atom stereocenters. The number of ether oxygens (including phenoxy) is 1. The maximum absolute atomic E-state index is 13.0. The molecular formula is C21H24FN3O5. The first-order chi connectivity index (χ1) is 14.3. The van der Waals surface area contributed by atoms with Gasteiger partial charge in [-0.3, -0.25) is 9.59 Å². The zero-order valence-corrected chi connectivity index (χ0v) is 16.2. The van der Waals surface area contributed by atoms with Crippen molar-refractivity contribution in [1.29, 1.82) is 0 Å². The molecule has 0 saturated heterocycles. The highest BCUT2D eigenvalue weighted by Gasteiger charge is 2.21. The molecule has 0 fully saturated rings. The average molecular weight is 417 g/mol. The molecular weight excluding hydrogens is 393 g/mol. The van der Waals surface area contributed by atoms with Crippen molar-refractivity contribution in [3.05, 3.63) is 71.5 Å². The van der Waals surface area contributed by atoms with Crippen molar-refractivity contribution in [1.82, 2.24) is 10.6 Å². The van der Waals surface area contributed by atoms with E-state index < -0.39 is 35.9 Å². The van der Waals surface area contributed by atoms with Crippen LogP contribution in [0.2, 0.25) is 0 Å². The van der Waals surface area contributed by atoms with Crippen LogP contribution in [0.25, 0.3) is 0 Å². The van der Waals surface area contributed by atoms with Gasteiger partial charge in [0.1, 0.15) is 18.5 Å². The molecule has 0 unspecified atom stereocenters. The van der Waals surface area contributed by atoms with Crippen molar-refractivity contribution in [3.8, 4) is 0 Å². The van der Waals surface area contributed by atoms with Crippen molar-refractivity contribution in [2.45, 2.75) is 31.6 Å². The van der Waals surface area contributed by atoms with Gasteiger partial charge < -0.3 is 26.2 Å². The van der Waals surface area contributed by atoms with Crippen LogP contribution in [-0.4, -0.2) is 41.7 Å². The minimum atomic E-state index is -1.19. The third kappa shape index (κ3) is 8.27. The van der Waals surface area contributed by atoms with Gasteiger partial charge >= 0.3 is 6.09 Å². The standard InChI is InChI=1S/C21H24FN3O5/c22-16-8-6-14(7-9-16)10-18(20(23)28)25-19(27)11-17(26)12-24-21(29)30-13-15-4-2-1-3-5-15/h1-9,17-18,26H,10-13H2,(H2,23,28)(H,24,29)(H,25,27)/t17-,18-/m0/s1. The maximum atomic E-state index is 13.0. The van der Waals surface area contributed by atoms with E-state index >= 15 is 0 Å². The second-order valence-electron chi connectivity index (χ2n) is 6.65. The summed E-state index contributed by atoms with van der Waals surface area (Å²) in [5.74, 6) is -1.80. The SMILES string of the molecule is NC(=O)[C@H](Cc1ccc(F)cc1)NC(=O)C[C@H](O)CNC(=O)OCc1ccccc1. The minimum absolute atomic E-state index is 0.0763. The molecule has 0 radical (unpaired) electrons. The van der Waals surface area contributed by atoms with Crippen LogP contribution in [0.3, 0.4) is 0 Å². The van der Waals surface area contributed by atoms with Crippen LogP contribution in [0.4, 0.5) is 9.18 Å².